The standard InChI is InChI=1S/C20H14Cl2N4/c1-12-4-5-17-18(7-12)25-19(13-3-2-6-23-11-13)26-20(17)24-16-9-14(21)8-15(22)10-16/h2-11H,1H3,(H,24,25,26). The second kappa shape index (κ2) is 6.90. The van der Waals surface area contributed by atoms with Crippen LogP contribution in [0, 0.1) is 6.92 Å². The van der Waals surface area contributed by atoms with Gasteiger partial charge in [-0.05, 0) is 55.0 Å². The van der Waals surface area contributed by atoms with E-state index in [1.807, 2.05) is 37.3 Å². The second-order valence-corrected chi connectivity index (χ2v) is 6.81. The van der Waals surface area contributed by atoms with Crippen molar-refractivity contribution in [1.82, 2.24) is 15.0 Å². The highest BCUT2D eigenvalue weighted by molar-refractivity contribution is 6.35. The summed E-state index contributed by atoms with van der Waals surface area (Å²) in [6.45, 7) is 2.04. The van der Waals surface area contributed by atoms with Crippen molar-refractivity contribution in [3.8, 4) is 11.4 Å². The molecular formula is C20H14Cl2N4. The predicted octanol–water partition coefficient (Wildman–Crippen LogP) is 6.05. The second-order valence-electron chi connectivity index (χ2n) is 5.94. The van der Waals surface area contributed by atoms with Gasteiger partial charge in [0.1, 0.15) is 5.82 Å². The number of hydrogen-bond acceptors (Lipinski definition) is 4. The molecule has 26 heavy (non-hydrogen) atoms. The van der Waals surface area contributed by atoms with Crippen molar-refractivity contribution in [1.29, 1.82) is 0 Å². The number of rotatable bonds is 3. The molecule has 0 saturated heterocycles. The van der Waals surface area contributed by atoms with Crippen LogP contribution in [-0.2, 0) is 0 Å². The van der Waals surface area contributed by atoms with E-state index in [1.165, 1.54) is 0 Å². The van der Waals surface area contributed by atoms with Crippen molar-refractivity contribution in [2.45, 2.75) is 6.92 Å². The predicted molar refractivity (Wildman–Crippen MR) is 107 cm³/mol. The molecule has 0 spiro atoms. The molecule has 128 valence electrons. The first-order valence-electron chi connectivity index (χ1n) is 8.00. The van der Waals surface area contributed by atoms with Gasteiger partial charge < -0.3 is 5.32 Å². The van der Waals surface area contributed by atoms with Crippen LogP contribution in [0.1, 0.15) is 5.56 Å². The molecule has 0 aliphatic rings. The van der Waals surface area contributed by atoms with Gasteiger partial charge in [-0.25, -0.2) is 9.97 Å². The Kier molecular flexibility index (Phi) is 4.45. The first kappa shape index (κ1) is 16.8. The van der Waals surface area contributed by atoms with Crippen LogP contribution in [0.25, 0.3) is 22.3 Å². The topological polar surface area (TPSA) is 50.7 Å². The van der Waals surface area contributed by atoms with Crippen LogP contribution in [0.2, 0.25) is 10.0 Å². The Hall–Kier alpha value is -2.69. The third-order valence-corrected chi connectivity index (χ3v) is 4.33. The maximum Gasteiger partial charge on any atom is 0.163 e. The molecule has 6 heteroatoms. The first-order chi connectivity index (χ1) is 12.6. The minimum atomic E-state index is 0.557. The maximum absolute atomic E-state index is 6.12. The van der Waals surface area contributed by atoms with Gasteiger partial charge in [-0.15, -0.1) is 0 Å². The monoisotopic (exact) mass is 380 g/mol. The van der Waals surface area contributed by atoms with Gasteiger partial charge in [0.2, 0.25) is 0 Å². The molecule has 0 aliphatic heterocycles. The molecule has 0 fully saturated rings. The lowest BCUT2D eigenvalue weighted by atomic mass is 10.1. The highest BCUT2D eigenvalue weighted by Crippen LogP contribution is 2.30. The number of aryl methyl sites for hydroxylation is 1. The van der Waals surface area contributed by atoms with Crippen LogP contribution in [0.15, 0.2) is 60.9 Å². The van der Waals surface area contributed by atoms with Crippen molar-refractivity contribution in [3.63, 3.8) is 0 Å². The van der Waals surface area contributed by atoms with Gasteiger partial charge in [0, 0.05) is 39.1 Å². The Labute approximate surface area is 160 Å². The molecule has 2 heterocycles. The van der Waals surface area contributed by atoms with Gasteiger partial charge in [-0.1, -0.05) is 29.3 Å². The molecule has 0 aliphatic carbocycles. The highest BCUT2D eigenvalue weighted by Gasteiger charge is 2.11. The summed E-state index contributed by atoms with van der Waals surface area (Å²) in [6.07, 6.45) is 3.47. The zero-order valence-electron chi connectivity index (χ0n) is 13.9. The molecule has 2 aromatic heterocycles. The molecule has 4 aromatic rings. The fourth-order valence-electron chi connectivity index (χ4n) is 2.72. The van der Waals surface area contributed by atoms with Crippen molar-refractivity contribution in [2.24, 2.45) is 0 Å². The third-order valence-electron chi connectivity index (χ3n) is 3.90. The lowest BCUT2D eigenvalue weighted by Gasteiger charge is -2.12. The van der Waals surface area contributed by atoms with Gasteiger partial charge in [0.15, 0.2) is 5.82 Å². The Morgan fingerprint density at radius 2 is 1.73 bits per heavy atom. The number of anilines is 2. The van der Waals surface area contributed by atoms with E-state index in [0.29, 0.717) is 21.7 Å². The van der Waals surface area contributed by atoms with Gasteiger partial charge in [0.25, 0.3) is 0 Å². The number of aromatic nitrogens is 3. The number of benzene rings is 2. The van der Waals surface area contributed by atoms with E-state index < -0.39 is 0 Å². The summed E-state index contributed by atoms with van der Waals surface area (Å²) in [5.41, 5.74) is 3.60. The molecule has 0 amide bonds. The van der Waals surface area contributed by atoms with Crippen LogP contribution >= 0.6 is 23.2 Å². The number of pyridine rings is 1. The van der Waals surface area contributed by atoms with Gasteiger partial charge in [-0.3, -0.25) is 4.98 Å². The van der Waals surface area contributed by atoms with Crippen LogP contribution in [0.3, 0.4) is 0 Å². The van der Waals surface area contributed by atoms with Gasteiger partial charge >= 0.3 is 0 Å². The van der Waals surface area contributed by atoms with Crippen molar-refractivity contribution in [3.05, 3.63) is 76.5 Å². The summed E-state index contributed by atoms with van der Waals surface area (Å²) < 4.78 is 0. The summed E-state index contributed by atoms with van der Waals surface area (Å²) in [5.74, 6) is 1.29. The smallest absolute Gasteiger partial charge is 0.163 e. The van der Waals surface area contributed by atoms with E-state index in [2.05, 4.69) is 10.3 Å². The SMILES string of the molecule is Cc1ccc2c(Nc3cc(Cl)cc(Cl)c3)nc(-c3cccnc3)nc2c1. The van der Waals surface area contributed by atoms with E-state index in [-0.39, 0.29) is 0 Å². The summed E-state index contributed by atoms with van der Waals surface area (Å²) in [6, 6.07) is 15.2. The largest absolute Gasteiger partial charge is 0.340 e. The molecule has 0 saturated carbocycles. The van der Waals surface area contributed by atoms with Crippen LogP contribution < -0.4 is 5.32 Å². The summed E-state index contributed by atoms with van der Waals surface area (Å²) >= 11 is 12.2. The lowest BCUT2D eigenvalue weighted by molar-refractivity contribution is 1.20. The number of nitrogens with zero attached hydrogens (tertiary/aromatic N) is 3. The van der Waals surface area contributed by atoms with Crippen molar-refractivity contribution in [2.75, 3.05) is 5.32 Å². The maximum atomic E-state index is 6.12. The number of nitrogens with one attached hydrogen (secondary N) is 1. The van der Waals surface area contributed by atoms with Gasteiger partial charge in [-0.2, -0.15) is 0 Å². The van der Waals surface area contributed by atoms with Crippen LogP contribution in [-0.4, -0.2) is 15.0 Å². The van der Waals surface area contributed by atoms with E-state index >= 15 is 0 Å². The normalized spacial score (nSPS) is 10.9. The van der Waals surface area contributed by atoms with Crippen LogP contribution in [0.4, 0.5) is 11.5 Å². The van der Waals surface area contributed by atoms with E-state index in [0.717, 1.165) is 27.7 Å². The molecule has 0 bridgehead atoms. The lowest BCUT2D eigenvalue weighted by Crippen LogP contribution is -2.00. The average molecular weight is 381 g/mol. The summed E-state index contributed by atoms with van der Waals surface area (Å²) in [4.78, 5) is 13.6. The minimum Gasteiger partial charge on any atom is -0.340 e. The molecule has 0 radical (unpaired) electrons. The molecule has 0 unspecified atom stereocenters. The van der Waals surface area contributed by atoms with Crippen molar-refractivity contribution >= 4 is 45.6 Å². The fourth-order valence-corrected chi connectivity index (χ4v) is 3.25. The van der Waals surface area contributed by atoms with Crippen LogP contribution in [0.5, 0.6) is 0 Å². The number of hydrogen-bond donors (Lipinski definition) is 1. The molecule has 4 rings (SSSR count). The molecular weight excluding hydrogens is 367 g/mol. The van der Waals surface area contributed by atoms with Crippen molar-refractivity contribution < 1.29 is 0 Å². The first-order valence-corrected chi connectivity index (χ1v) is 8.76. The average Bonchev–Trinajstić information content (AvgIpc) is 2.61. The molecule has 0 atom stereocenters. The summed E-state index contributed by atoms with van der Waals surface area (Å²) in [5, 5.41) is 5.35. The third kappa shape index (κ3) is 3.47. The summed E-state index contributed by atoms with van der Waals surface area (Å²) in [7, 11) is 0. The minimum absolute atomic E-state index is 0.557. The zero-order valence-corrected chi connectivity index (χ0v) is 15.4. The Balaban J connectivity index is 1.89. The van der Waals surface area contributed by atoms with Gasteiger partial charge in [0.05, 0.1) is 5.52 Å². The quantitative estimate of drug-likeness (QED) is 0.469. The Bertz CT molecular complexity index is 1080. The zero-order chi connectivity index (χ0) is 18.1. The van der Waals surface area contributed by atoms with E-state index in [4.69, 9.17) is 33.2 Å². The molecule has 4 nitrogen and oxygen atoms in total. The van der Waals surface area contributed by atoms with E-state index in [1.54, 1.807) is 30.6 Å². The highest BCUT2D eigenvalue weighted by atomic mass is 35.5. The molecule has 2 aromatic carbocycles. The molecule has 1 N–H and O–H groups in total. The number of fused-ring (bicyclic) bond motifs is 1. The number of halogens is 2. The Morgan fingerprint density at radius 3 is 2.46 bits per heavy atom. The van der Waals surface area contributed by atoms with E-state index in [9.17, 15) is 0 Å². The fraction of sp³-hybridized carbons (Fsp3) is 0.0500. The Morgan fingerprint density at radius 1 is 0.923 bits per heavy atom.